The Balaban J connectivity index is 1.55. The summed E-state index contributed by atoms with van der Waals surface area (Å²) >= 11 is 1.51. The highest BCUT2D eigenvalue weighted by molar-refractivity contribution is 7.19. The summed E-state index contributed by atoms with van der Waals surface area (Å²) in [7, 11) is 0. The molecule has 0 amide bonds. The van der Waals surface area contributed by atoms with E-state index in [9.17, 15) is 4.39 Å². The molecule has 4 nitrogen and oxygen atoms in total. The molecule has 2 aromatic heterocycles. The van der Waals surface area contributed by atoms with Crippen molar-refractivity contribution in [3.05, 3.63) is 47.2 Å². The maximum absolute atomic E-state index is 14.0. The summed E-state index contributed by atoms with van der Waals surface area (Å²) < 4.78 is 20.7. The van der Waals surface area contributed by atoms with Gasteiger partial charge in [-0.25, -0.2) is 4.39 Å². The van der Waals surface area contributed by atoms with Crippen LogP contribution in [0.4, 0.5) is 10.1 Å². The summed E-state index contributed by atoms with van der Waals surface area (Å²) in [5.41, 5.74) is 6.76. The lowest BCUT2D eigenvalue weighted by Crippen LogP contribution is -2.29. The number of nitrogen functional groups attached to an aromatic ring is 1. The van der Waals surface area contributed by atoms with E-state index in [2.05, 4.69) is 21.7 Å². The Morgan fingerprint density at radius 3 is 2.81 bits per heavy atom. The number of rotatable bonds is 3. The number of halogens is 1. The van der Waals surface area contributed by atoms with E-state index in [4.69, 9.17) is 10.5 Å². The highest BCUT2D eigenvalue weighted by Crippen LogP contribution is 2.35. The first-order valence-corrected chi connectivity index (χ1v) is 9.83. The molecule has 138 valence electrons. The number of nitrogens with two attached hydrogens (primary N) is 1. The van der Waals surface area contributed by atoms with Crippen molar-refractivity contribution in [1.82, 2.24) is 9.88 Å². The van der Waals surface area contributed by atoms with Crippen LogP contribution in [0.5, 0.6) is 11.5 Å². The van der Waals surface area contributed by atoms with E-state index < -0.39 is 5.82 Å². The Morgan fingerprint density at radius 2 is 2.00 bits per heavy atom. The van der Waals surface area contributed by atoms with Crippen molar-refractivity contribution in [3.8, 4) is 23.3 Å². The largest absolute Gasteiger partial charge is 0.453 e. The molecule has 6 heteroatoms. The SMILES string of the molecule is Nc1ccc(Oc2ccnc3cc(C#CCN4CCCCC4)sc23)c(F)c1. The average molecular weight is 381 g/mol. The molecule has 1 aromatic carbocycles. The summed E-state index contributed by atoms with van der Waals surface area (Å²) in [5, 5.41) is 0. The molecule has 0 atom stereocenters. The van der Waals surface area contributed by atoms with Crippen LogP contribution in [0.3, 0.4) is 0 Å². The predicted octanol–water partition coefficient (Wildman–Crippen LogP) is 4.65. The van der Waals surface area contributed by atoms with E-state index in [-0.39, 0.29) is 5.75 Å². The summed E-state index contributed by atoms with van der Waals surface area (Å²) in [4.78, 5) is 7.70. The van der Waals surface area contributed by atoms with Crippen molar-refractivity contribution in [2.45, 2.75) is 19.3 Å². The third kappa shape index (κ3) is 4.21. The van der Waals surface area contributed by atoms with E-state index >= 15 is 0 Å². The first kappa shape index (κ1) is 17.8. The lowest BCUT2D eigenvalue weighted by atomic mass is 10.1. The number of benzene rings is 1. The van der Waals surface area contributed by atoms with Gasteiger partial charge in [-0.1, -0.05) is 18.3 Å². The molecular formula is C21H20FN3OS. The van der Waals surface area contributed by atoms with Crippen LogP contribution in [0.2, 0.25) is 0 Å². The first-order chi connectivity index (χ1) is 13.2. The zero-order chi connectivity index (χ0) is 18.6. The number of fused-ring (bicyclic) bond motifs is 1. The van der Waals surface area contributed by atoms with Gasteiger partial charge in [-0.3, -0.25) is 9.88 Å². The number of nitrogens with zero attached hydrogens (tertiary/aromatic N) is 2. The number of ether oxygens (including phenoxy) is 1. The van der Waals surface area contributed by atoms with Crippen LogP contribution in [-0.4, -0.2) is 29.5 Å². The quantitative estimate of drug-likeness (QED) is 0.530. The second-order valence-electron chi connectivity index (χ2n) is 6.56. The summed E-state index contributed by atoms with van der Waals surface area (Å²) in [5.74, 6) is 6.71. The van der Waals surface area contributed by atoms with Crippen LogP contribution in [0.25, 0.3) is 10.2 Å². The lowest BCUT2D eigenvalue weighted by Gasteiger charge is -2.23. The molecule has 1 saturated heterocycles. The minimum absolute atomic E-state index is 0.142. The minimum atomic E-state index is -0.488. The molecule has 27 heavy (non-hydrogen) atoms. The van der Waals surface area contributed by atoms with Crippen molar-refractivity contribution < 1.29 is 9.13 Å². The molecule has 4 rings (SSSR count). The molecule has 1 aliphatic heterocycles. The van der Waals surface area contributed by atoms with Crippen LogP contribution in [-0.2, 0) is 0 Å². The fourth-order valence-corrected chi connectivity index (χ4v) is 4.07. The lowest BCUT2D eigenvalue weighted by molar-refractivity contribution is 0.255. The zero-order valence-corrected chi connectivity index (χ0v) is 15.7. The van der Waals surface area contributed by atoms with Gasteiger partial charge in [-0.05, 0) is 44.1 Å². The number of piperidine rings is 1. The van der Waals surface area contributed by atoms with Crippen molar-refractivity contribution in [1.29, 1.82) is 0 Å². The van der Waals surface area contributed by atoms with Crippen molar-refractivity contribution in [2.75, 3.05) is 25.4 Å². The number of aromatic nitrogens is 1. The van der Waals surface area contributed by atoms with E-state index in [1.165, 1.54) is 42.7 Å². The molecule has 0 aliphatic carbocycles. The Kier molecular flexibility index (Phi) is 5.23. The second kappa shape index (κ2) is 7.95. The molecule has 0 saturated carbocycles. The number of hydrogen-bond acceptors (Lipinski definition) is 5. The van der Waals surface area contributed by atoms with E-state index in [0.29, 0.717) is 11.4 Å². The fourth-order valence-electron chi connectivity index (χ4n) is 3.13. The number of pyridine rings is 1. The Hall–Kier alpha value is -2.62. The Labute approximate surface area is 161 Å². The topological polar surface area (TPSA) is 51.4 Å². The molecular weight excluding hydrogens is 361 g/mol. The highest BCUT2D eigenvalue weighted by Gasteiger charge is 2.12. The smallest absolute Gasteiger partial charge is 0.167 e. The Morgan fingerprint density at radius 1 is 1.15 bits per heavy atom. The van der Waals surface area contributed by atoms with Gasteiger partial charge >= 0.3 is 0 Å². The van der Waals surface area contributed by atoms with Gasteiger partial charge in [0.15, 0.2) is 11.6 Å². The van der Waals surface area contributed by atoms with Crippen molar-refractivity contribution >= 4 is 27.2 Å². The average Bonchev–Trinajstić information content (AvgIpc) is 3.09. The predicted molar refractivity (Wildman–Crippen MR) is 108 cm³/mol. The zero-order valence-electron chi connectivity index (χ0n) is 14.9. The van der Waals surface area contributed by atoms with Gasteiger partial charge in [0.2, 0.25) is 0 Å². The van der Waals surface area contributed by atoms with Crippen LogP contribution >= 0.6 is 11.3 Å². The number of anilines is 1. The fraction of sp³-hybridized carbons (Fsp3) is 0.286. The van der Waals surface area contributed by atoms with E-state index in [1.54, 1.807) is 18.3 Å². The van der Waals surface area contributed by atoms with Gasteiger partial charge in [0, 0.05) is 24.0 Å². The van der Waals surface area contributed by atoms with Crippen LogP contribution < -0.4 is 10.5 Å². The van der Waals surface area contributed by atoms with Gasteiger partial charge < -0.3 is 10.5 Å². The van der Waals surface area contributed by atoms with Crippen molar-refractivity contribution in [2.24, 2.45) is 0 Å². The summed E-state index contributed by atoms with van der Waals surface area (Å²) in [6, 6.07) is 8.08. The van der Waals surface area contributed by atoms with Crippen LogP contribution in [0.1, 0.15) is 24.1 Å². The maximum Gasteiger partial charge on any atom is 0.167 e. The van der Waals surface area contributed by atoms with Crippen LogP contribution in [0.15, 0.2) is 36.5 Å². The second-order valence-corrected chi connectivity index (χ2v) is 7.62. The van der Waals surface area contributed by atoms with Crippen molar-refractivity contribution in [3.63, 3.8) is 0 Å². The summed E-state index contributed by atoms with van der Waals surface area (Å²) in [6.07, 6.45) is 5.50. The molecule has 2 N–H and O–H groups in total. The van der Waals surface area contributed by atoms with Gasteiger partial charge in [-0.15, -0.1) is 11.3 Å². The Bertz CT molecular complexity index is 1020. The van der Waals surface area contributed by atoms with Gasteiger partial charge in [0.25, 0.3) is 0 Å². The molecule has 1 aliphatic rings. The number of hydrogen-bond donors (Lipinski definition) is 1. The third-order valence-electron chi connectivity index (χ3n) is 4.51. The van der Waals surface area contributed by atoms with Crippen LogP contribution in [0, 0.1) is 17.7 Å². The molecule has 0 unspecified atom stereocenters. The molecule has 1 fully saturated rings. The van der Waals surface area contributed by atoms with E-state index in [0.717, 1.165) is 34.7 Å². The summed E-state index contributed by atoms with van der Waals surface area (Å²) in [6.45, 7) is 3.06. The normalized spacial score (nSPS) is 14.7. The molecule has 0 bridgehead atoms. The van der Waals surface area contributed by atoms with Gasteiger partial charge in [0.05, 0.1) is 21.6 Å². The minimum Gasteiger partial charge on any atom is -0.453 e. The van der Waals surface area contributed by atoms with Gasteiger partial charge in [0.1, 0.15) is 5.75 Å². The first-order valence-electron chi connectivity index (χ1n) is 9.02. The molecule has 3 heterocycles. The number of thiophene rings is 1. The molecule has 0 spiro atoms. The highest BCUT2D eigenvalue weighted by atomic mass is 32.1. The molecule has 3 aromatic rings. The third-order valence-corrected chi connectivity index (χ3v) is 5.57. The maximum atomic E-state index is 14.0. The molecule has 0 radical (unpaired) electrons. The van der Waals surface area contributed by atoms with E-state index in [1.807, 2.05) is 6.07 Å². The monoisotopic (exact) mass is 381 g/mol. The number of likely N-dealkylation sites (tertiary alicyclic amines) is 1. The van der Waals surface area contributed by atoms with Gasteiger partial charge in [-0.2, -0.15) is 0 Å². The standard InChI is InChI=1S/C21H20FN3OS/c22-17-13-15(23)6-7-19(17)26-20-8-9-24-18-14-16(27-21(18)20)5-4-12-25-10-2-1-3-11-25/h6-9,13-14H,1-3,10-12,23H2.